The van der Waals surface area contributed by atoms with Crippen molar-refractivity contribution in [2.75, 3.05) is 0 Å². The fraction of sp³-hybridized carbons (Fsp3) is 0.455. The zero-order chi connectivity index (χ0) is 20.2. The average Bonchev–Trinajstić information content (AvgIpc) is 3.09. The molecule has 4 saturated carbocycles. The van der Waals surface area contributed by atoms with Gasteiger partial charge in [0.1, 0.15) is 5.76 Å². The molecule has 0 saturated heterocycles. The van der Waals surface area contributed by atoms with Crippen LogP contribution in [0.3, 0.4) is 0 Å². The van der Waals surface area contributed by atoms with Crippen molar-refractivity contribution in [2.24, 2.45) is 17.8 Å². The third-order valence-electron chi connectivity index (χ3n) is 6.67. The van der Waals surface area contributed by atoms with E-state index >= 15 is 0 Å². The van der Waals surface area contributed by atoms with Gasteiger partial charge in [0.05, 0.1) is 5.02 Å². The molecule has 4 aliphatic rings. The summed E-state index contributed by atoms with van der Waals surface area (Å²) in [4.78, 5) is 12.6. The van der Waals surface area contributed by atoms with Crippen molar-refractivity contribution < 1.29 is 9.21 Å². The molecule has 6 rings (SSSR count). The van der Waals surface area contributed by atoms with Gasteiger partial charge in [0.25, 0.3) is 5.91 Å². The Balaban J connectivity index is 1.25. The minimum atomic E-state index is -0.358. The van der Waals surface area contributed by atoms with Crippen LogP contribution < -0.4 is 10.6 Å². The highest BCUT2D eigenvalue weighted by Crippen LogP contribution is 2.55. The van der Waals surface area contributed by atoms with Crippen LogP contribution >= 0.6 is 35.4 Å². The van der Waals surface area contributed by atoms with Crippen molar-refractivity contribution in [1.82, 2.24) is 10.6 Å². The highest BCUT2D eigenvalue weighted by atomic mass is 35.5. The summed E-state index contributed by atoms with van der Waals surface area (Å²) in [5.74, 6) is 2.78. The number of hydrogen-bond acceptors (Lipinski definition) is 3. The summed E-state index contributed by atoms with van der Waals surface area (Å²) in [6.45, 7) is 0. The lowest BCUT2D eigenvalue weighted by atomic mass is 9.53. The molecule has 0 atom stereocenters. The molecule has 1 amide bonds. The maximum absolute atomic E-state index is 12.6. The summed E-state index contributed by atoms with van der Waals surface area (Å²) in [5.41, 5.74) is 0.744. The number of nitrogens with one attached hydrogen (secondary N) is 2. The maximum atomic E-state index is 12.6. The molecule has 0 radical (unpaired) electrons. The van der Waals surface area contributed by atoms with Gasteiger partial charge in [-0.15, -0.1) is 0 Å². The molecule has 152 valence electrons. The molecule has 4 bridgehead atoms. The van der Waals surface area contributed by atoms with E-state index in [1.807, 2.05) is 0 Å². The Morgan fingerprint density at radius 1 is 1.03 bits per heavy atom. The van der Waals surface area contributed by atoms with E-state index in [1.54, 1.807) is 30.3 Å². The van der Waals surface area contributed by atoms with Crippen LogP contribution in [0.25, 0.3) is 11.3 Å². The lowest BCUT2D eigenvalue weighted by molar-refractivity contribution is -0.0101. The lowest BCUT2D eigenvalue weighted by Gasteiger charge is -2.57. The summed E-state index contributed by atoms with van der Waals surface area (Å²) in [6.07, 6.45) is 7.58. The van der Waals surface area contributed by atoms with Gasteiger partial charge in [-0.2, -0.15) is 0 Å². The van der Waals surface area contributed by atoms with Crippen LogP contribution in [0, 0.1) is 17.8 Å². The number of amides is 1. The van der Waals surface area contributed by atoms with Gasteiger partial charge < -0.3 is 9.73 Å². The normalized spacial score (nSPS) is 29.7. The molecule has 29 heavy (non-hydrogen) atoms. The number of benzene rings is 1. The Bertz CT molecular complexity index is 952. The van der Waals surface area contributed by atoms with Crippen molar-refractivity contribution >= 4 is 46.4 Å². The number of carbonyl (C=O) groups is 1. The van der Waals surface area contributed by atoms with Crippen molar-refractivity contribution in [3.63, 3.8) is 0 Å². The number of hydrogen-bond donors (Lipinski definition) is 2. The van der Waals surface area contributed by atoms with Crippen molar-refractivity contribution in [1.29, 1.82) is 0 Å². The first kappa shape index (κ1) is 19.4. The van der Waals surface area contributed by atoms with E-state index in [9.17, 15) is 4.79 Å². The van der Waals surface area contributed by atoms with E-state index in [2.05, 4.69) is 10.6 Å². The summed E-state index contributed by atoms with van der Waals surface area (Å²) in [7, 11) is 0. The Morgan fingerprint density at radius 3 is 2.31 bits per heavy atom. The molecule has 0 spiro atoms. The molecule has 1 aromatic heterocycles. The second-order valence-corrected chi connectivity index (χ2v) is 10.1. The minimum absolute atomic E-state index is 0.0598. The zero-order valence-electron chi connectivity index (χ0n) is 15.8. The predicted molar refractivity (Wildman–Crippen MR) is 118 cm³/mol. The van der Waals surface area contributed by atoms with Crippen molar-refractivity contribution in [2.45, 2.75) is 44.1 Å². The van der Waals surface area contributed by atoms with Gasteiger partial charge in [0.2, 0.25) is 0 Å². The van der Waals surface area contributed by atoms with Crippen LogP contribution in [0.5, 0.6) is 0 Å². The summed E-state index contributed by atoms with van der Waals surface area (Å²) in [5, 5.41) is 7.70. The second kappa shape index (κ2) is 7.29. The average molecular weight is 449 g/mol. The monoisotopic (exact) mass is 448 g/mol. The van der Waals surface area contributed by atoms with E-state index in [0.29, 0.717) is 26.5 Å². The van der Waals surface area contributed by atoms with Gasteiger partial charge in [-0.3, -0.25) is 10.1 Å². The first-order valence-electron chi connectivity index (χ1n) is 10.1. The smallest absolute Gasteiger partial charge is 0.293 e. The van der Waals surface area contributed by atoms with Gasteiger partial charge in [0, 0.05) is 16.1 Å². The Hall–Kier alpha value is -1.56. The van der Waals surface area contributed by atoms with Gasteiger partial charge in [-0.05, 0) is 98.8 Å². The van der Waals surface area contributed by atoms with Crippen molar-refractivity contribution in [3.8, 4) is 11.3 Å². The van der Waals surface area contributed by atoms with Crippen LogP contribution in [-0.4, -0.2) is 16.6 Å². The molecule has 2 aromatic rings. The van der Waals surface area contributed by atoms with Crippen LogP contribution in [0.2, 0.25) is 10.0 Å². The molecule has 4 fully saturated rings. The van der Waals surface area contributed by atoms with E-state index in [4.69, 9.17) is 39.8 Å². The first-order chi connectivity index (χ1) is 13.9. The molecule has 2 N–H and O–H groups in total. The molecular formula is C22H22Cl2N2O2S. The number of thiocarbonyl (C=S) groups is 1. The van der Waals surface area contributed by atoms with Crippen molar-refractivity contribution in [3.05, 3.63) is 46.1 Å². The number of carbonyl (C=O) groups excluding carboxylic acids is 1. The minimum Gasteiger partial charge on any atom is -0.451 e. The molecular weight excluding hydrogens is 427 g/mol. The van der Waals surface area contributed by atoms with Crippen LogP contribution in [0.15, 0.2) is 34.7 Å². The van der Waals surface area contributed by atoms with E-state index in [-0.39, 0.29) is 17.2 Å². The van der Waals surface area contributed by atoms with E-state index in [0.717, 1.165) is 37.0 Å². The van der Waals surface area contributed by atoms with Gasteiger partial charge >= 0.3 is 0 Å². The SMILES string of the molecule is O=C(NC(=S)NC12CC3CC(CC(C3)C1)C2)c1ccc(-c2ccc(Cl)cc2Cl)o1. The Morgan fingerprint density at radius 2 is 1.69 bits per heavy atom. The Kier molecular flexibility index (Phi) is 4.88. The molecule has 0 unspecified atom stereocenters. The fourth-order valence-electron chi connectivity index (χ4n) is 5.99. The molecule has 1 aromatic carbocycles. The molecule has 0 aliphatic heterocycles. The molecule has 4 nitrogen and oxygen atoms in total. The van der Waals surface area contributed by atoms with Crippen LogP contribution in [-0.2, 0) is 0 Å². The fourth-order valence-corrected chi connectivity index (χ4v) is 6.81. The number of halogens is 2. The zero-order valence-corrected chi connectivity index (χ0v) is 18.2. The largest absolute Gasteiger partial charge is 0.451 e. The van der Waals surface area contributed by atoms with E-state index < -0.39 is 0 Å². The predicted octanol–water partition coefficient (Wildman–Crippen LogP) is 5.83. The lowest BCUT2D eigenvalue weighted by Crippen LogP contribution is -2.61. The van der Waals surface area contributed by atoms with Gasteiger partial charge in [-0.25, -0.2) is 0 Å². The number of rotatable bonds is 3. The summed E-state index contributed by atoms with van der Waals surface area (Å²) >= 11 is 17.7. The summed E-state index contributed by atoms with van der Waals surface area (Å²) in [6, 6.07) is 8.49. The number of furan rings is 1. The maximum Gasteiger partial charge on any atom is 0.293 e. The van der Waals surface area contributed by atoms with Gasteiger partial charge in [-0.1, -0.05) is 23.2 Å². The molecule has 7 heteroatoms. The highest BCUT2D eigenvalue weighted by molar-refractivity contribution is 7.80. The first-order valence-corrected chi connectivity index (χ1v) is 11.2. The highest BCUT2D eigenvalue weighted by Gasteiger charge is 2.51. The third kappa shape index (κ3) is 3.80. The summed E-state index contributed by atoms with van der Waals surface area (Å²) < 4.78 is 5.72. The van der Waals surface area contributed by atoms with E-state index in [1.165, 1.54) is 19.3 Å². The standard InChI is InChI=1S/C22H22Cl2N2O2S/c23-15-1-2-16(17(24)8-15)18-3-4-19(28-18)20(27)25-21(29)26-22-9-12-5-13(10-22)7-14(6-12)11-22/h1-4,8,12-14H,5-7,9-11H2,(H2,25,26,27,29). The topological polar surface area (TPSA) is 54.3 Å². The molecule has 4 aliphatic carbocycles. The van der Waals surface area contributed by atoms with Crippen LogP contribution in [0.4, 0.5) is 0 Å². The Labute approximate surface area is 185 Å². The second-order valence-electron chi connectivity index (χ2n) is 8.89. The molecule has 1 heterocycles. The quantitative estimate of drug-likeness (QED) is 0.580. The van der Waals surface area contributed by atoms with Crippen LogP contribution in [0.1, 0.15) is 49.1 Å². The third-order valence-corrected chi connectivity index (χ3v) is 7.42. The van der Waals surface area contributed by atoms with Gasteiger partial charge in [0.15, 0.2) is 10.9 Å².